The fourth-order valence-corrected chi connectivity index (χ4v) is 1.92. The van der Waals surface area contributed by atoms with Crippen LogP contribution in [-0.2, 0) is 4.74 Å². The summed E-state index contributed by atoms with van der Waals surface area (Å²) < 4.78 is 5.30. The monoisotopic (exact) mass is 252 g/mol. The van der Waals surface area contributed by atoms with Crippen molar-refractivity contribution in [3.8, 4) is 0 Å². The maximum absolute atomic E-state index is 5.72. The average molecular weight is 252 g/mol. The Morgan fingerprint density at radius 1 is 1.33 bits per heavy atom. The van der Waals surface area contributed by atoms with Gasteiger partial charge in [0.1, 0.15) is 0 Å². The van der Waals surface area contributed by atoms with Crippen molar-refractivity contribution in [2.75, 3.05) is 42.3 Å². The van der Waals surface area contributed by atoms with Crippen LogP contribution in [0.1, 0.15) is 20.3 Å². The van der Waals surface area contributed by atoms with Crippen LogP contribution < -0.4 is 16.0 Å². The molecule has 1 saturated heterocycles. The molecule has 0 amide bonds. The van der Waals surface area contributed by atoms with E-state index >= 15 is 0 Å². The molecule has 18 heavy (non-hydrogen) atoms. The summed E-state index contributed by atoms with van der Waals surface area (Å²) in [4.78, 5) is 14.7. The number of aromatic nitrogens is 3. The summed E-state index contributed by atoms with van der Waals surface area (Å²) in [5, 5.41) is 3.23. The van der Waals surface area contributed by atoms with E-state index < -0.39 is 0 Å². The van der Waals surface area contributed by atoms with Crippen molar-refractivity contribution >= 4 is 17.8 Å². The van der Waals surface area contributed by atoms with Gasteiger partial charge < -0.3 is 20.7 Å². The average Bonchev–Trinajstić information content (AvgIpc) is 2.83. The van der Waals surface area contributed by atoms with Crippen LogP contribution in [0.3, 0.4) is 0 Å². The number of ether oxygens (including phenoxy) is 1. The number of hydrogen-bond donors (Lipinski definition) is 2. The molecular formula is C11H20N6O. The van der Waals surface area contributed by atoms with Gasteiger partial charge in [-0.3, -0.25) is 0 Å². The highest BCUT2D eigenvalue weighted by atomic mass is 16.5. The third kappa shape index (κ3) is 2.98. The Morgan fingerprint density at radius 2 is 2.11 bits per heavy atom. The van der Waals surface area contributed by atoms with Crippen molar-refractivity contribution in [3.05, 3.63) is 0 Å². The second kappa shape index (κ2) is 5.81. The highest BCUT2D eigenvalue weighted by Gasteiger charge is 2.17. The first-order valence-electron chi connectivity index (χ1n) is 6.33. The summed E-state index contributed by atoms with van der Waals surface area (Å²) in [6.45, 7) is 7.26. The van der Waals surface area contributed by atoms with Crippen LogP contribution in [0.2, 0.25) is 0 Å². The molecule has 1 unspecified atom stereocenters. The minimum Gasteiger partial charge on any atom is -0.379 e. The van der Waals surface area contributed by atoms with E-state index in [9.17, 15) is 0 Å². The van der Waals surface area contributed by atoms with Gasteiger partial charge in [0.15, 0.2) is 0 Å². The van der Waals surface area contributed by atoms with Crippen molar-refractivity contribution in [3.63, 3.8) is 0 Å². The molecule has 0 bridgehead atoms. The van der Waals surface area contributed by atoms with Crippen molar-refractivity contribution in [1.29, 1.82) is 0 Å². The van der Waals surface area contributed by atoms with Gasteiger partial charge in [-0.2, -0.15) is 15.0 Å². The van der Waals surface area contributed by atoms with Gasteiger partial charge in [-0.1, -0.05) is 0 Å². The first-order valence-corrected chi connectivity index (χ1v) is 6.33. The summed E-state index contributed by atoms with van der Waals surface area (Å²) in [5.41, 5.74) is 5.72. The molecule has 0 aromatic carbocycles. The van der Waals surface area contributed by atoms with Crippen LogP contribution in [0.15, 0.2) is 0 Å². The minimum absolute atomic E-state index is 0.244. The molecule has 2 heterocycles. The molecule has 1 aliphatic rings. The Hall–Kier alpha value is -1.63. The van der Waals surface area contributed by atoms with Gasteiger partial charge in [-0.15, -0.1) is 0 Å². The molecule has 1 aromatic heterocycles. The minimum atomic E-state index is 0.244. The van der Waals surface area contributed by atoms with E-state index in [0.717, 1.165) is 26.1 Å². The Kier molecular flexibility index (Phi) is 4.14. The lowest BCUT2D eigenvalue weighted by Gasteiger charge is -2.19. The molecule has 100 valence electrons. The first-order chi connectivity index (χ1) is 8.72. The Bertz CT molecular complexity index is 389. The molecule has 1 atom stereocenters. The molecule has 2 rings (SSSR count). The largest absolute Gasteiger partial charge is 0.379 e. The van der Waals surface area contributed by atoms with Gasteiger partial charge in [0.05, 0.1) is 12.6 Å². The van der Waals surface area contributed by atoms with Gasteiger partial charge in [0, 0.05) is 19.7 Å². The molecular weight excluding hydrogens is 232 g/mol. The zero-order valence-corrected chi connectivity index (χ0v) is 10.9. The van der Waals surface area contributed by atoms with E-state index in [1.807, 2.05) is 4.90 Å². The van der Waals surface area contributed by atoms with Crippen LogP contribution in [0.5, 0.6) is 0 Å². The topological polar surface area (TPSA) is 89.2 Å². The van der Waals surface area contributed by atoms with E-state index in [2.05, 4.69) is 34.1 Å². The Balaban J connectivity index is 2.14. The number of anilines is 3. The Morgan fingerprint density at radius 3 is 2.72 bits per heavy atom. The molecule has 0 aliphatic carbocycles. The molecule has 1 aromatic rings. The molecule has 1 aliphatic heterocycles. The van der Waals surface area contributed by atoms with Gasteiger partial charge in [0.25, 0.3) is 0 Å². The first kappa shape index (κ1) is 12.8. The molecule has 7 nitrogen and oxygen atoms in total. The van der Waals surface area contributed by atoms with E-state index in [1.165, 1.54) is 0 Å². The fourth-order valence-electron chi connectivity index (χ4n) is 1.92. The van der Waals surface area contributed by atoms with Crippen LogP contribution in [-0.4, -0.2) is 47.3 Å². The number of hydrogen-bond acceptors (Lipinski definition) is 7. The SMILES string of the molecule is CCN(CC)c1nc(N)nc(NC2CCOC2)n1. The van der Waals surface area contributed by atoms with Gasteiger partial charge >= 0.3 is 0 Å². The van der Waals surface area contributed by atoms with E-state index in [1.54, 1.807) is 0 Å². The smallest absolute Gasteiger partial charge is 0.231 e. The Labute approximate surface area is 107 Å². The number of nitrogens with one attached hydrogen (secondary N) is 1. The number of nitrogens with zero attached hydrogens (tertiary/aromatic N) is 4. The van der Waals surface area contributed by atoms with E-state index in [4.69, 9.17) is 10.5 Å². The van der Waals surface area contributed by atoms with Crippen LogP contribution in [0.25, 0.3) is 0 Å². The lowest BCUT2D eigenvalue weighted by atomic mass is 10.3. The van der Waals surface area contributed by atoms with Gasteiger partial charge in [-0.25, -0.2) is 0 Å². The zero-order valence-electron chi connectivity index (χ0n) is 10.9. The molecule has 1 fully saturated rings. The predicted octanol–water partition coefficient (Wildman–Crippen LogP) is 0.501. The second-order valence-corrected chi connectivity index (χ2v) is 4.19. The zero-order chi connectivity index (χ0) is 13.0. The molecule has 0 saturated carbocycles. The summed E-state index contributed by atoms with van der Waals surface area (Å²) in [5.74, 6) is 1.39. The van der Waals surface area contributed by atoms with E-state index in [-0.39, 0.29) is 12.0 Å². The summed E-state index contributed by atoms with van der Waals surface area (Å²) in [6, 6.07) is 0.261. The second-order valence-electron chi connectivity index (χ2n) is 4.19. The quantitative estimate of drug-likeness (QED) is 0.788. The highest BCUT2D eigenvalue weighted by molar-refractivity contribution is 5.42. The lowest BCUT2D eigenvalue weighted by molar-refractivity contribution is 0.195. The fraction of sp³-hybridized carbons (Fsp3) is 0.727. The van der Waals surface area contributed by atoms with Crippen molar-refractivity contribution in [2.24, 2.45) is 0 Å². The summed E-state index contributed by atoms with van der Waals surface area (Å²) in [6.07, 6.45) is 0.964. The van der Waals surface area contributed by atoms with Crippen molar-refractivity contribution < 1.29 is 4.74 Å². The lowest BCUT2D eigenvalue weighted by Crippen LogP contribution is -2.27. The van der Waals surface area contributed by atoms with Crippen LogP contribution in [0.4, 0.5) is 17.8 Å². The molecule has 7 heteroatoms. The van der Waals surface area contributed by atoms with E-state index in [0.29, 0.717) is 18.5 Å². The van der Waals surface area contributed by atoms with Crippen molar-refractivity contribution in [2.45, 2.75) is 26.3 Å². The number of nitrogen functional groups attached to an aromatic ring is 1. The number of rotatable bonds is 5. The normalized spacial score (nSPS) is 18.9. The molecule has 3 N–H and O–H groups in total. The maximum Gasteiger partial charge on any atom is 0.231 e. The third-order valence-electron chi connectivity index (χ3n) is 2.95. The molecule has 0 spiro atoms. The summed E-state index contributed by atoms with van der Waals surface area (Å²) >= 11 is 0. The maximum atomic E-state index is 5.72. The van der Waals surface area contributed by atoms with Gasteiger partial charge in [0.2, 0.25) is 17.8 Å². The predicted molar refractivity (Wildman–Crippen MR) is 70.6 cm³/mol. The van der Waals surface area contributed by atoms with Crippen molar-refractivity contribution in [1.82, 2.24) is 15.0 Å². The highest BCUT2D eigenvalue weighted by Crippen LogP contribution is 2.14. The number of nitrogens with two attached hydrogens (primary N) is 1. The van der Waals surface area contributed by atoms with Gasteiger partial charge in [-0.05, 0) is 20.3 Å². The molecule has 0 radical (unpaired) electrons. The standard InChI is InChI=1S/C11H20N6O/c1-3-17(4-2)11-15-9(12)14-10(16-11)13-8-5-6-18-7-8/h8H,3-7H2,1-2H3,(H3,12,13,14,15,16). The van der Waals surface area contributed by atoms with Crippen LogP contribution >= 0.6 is 0 Å². The summed E-state index contributed by atoms with van der Waals surface area (Å²) in [7, 11) is 0. The third-order valence-corrected chi connectivity index (χ3v) is 2.95. The van der Waals surface area contributed by atoms with Crippen LogP contribution in [0, 0.1) is 0 Å².